The SMILES string of the molecule is CC(CO)CCCNS(=O)(=O)c1cccc(Br)c1. The molecule has 2 N–H and O–H groups in total. The van der Waals surface area contributed by atoms with Crippen LogP contribution in [0.15, 0.2) is 33.6 Å². The van der Waals surface area contributed by atoms with Crippen molar-refractivity contribution in [2.24, 2.45) is 5.92 Å². The van der Waals surface area contributed by atoms with Crippen molar-refractivity contribution in [1.82, 2.24) is 4.72 Å². The zero-order valence-corrected chi connectivity index (χ0v) is 12.7. The molecule has 0 bridgehead atoms. The normalized spacial score (nSPS) is 13.5. The van der Waals surface area contributed by atoms with E-state index in [0.717, 1.165) is 17.3 Å². The molecule has 1 rings (SSSR count). The van der Waals surface area contributed by atoms with Crippen molar-refractivity contribution in [2.75, 3.05) is 13.2 Å². The Bertz CT molecular complexity index is 476. The van der Waals surface area contributed by atoms with Crippen molar-refractivity contribution in [1.29, 1.82) is 0 Å². The van der Waals surface area contributed by atoms with Crippen LogP contribution in [-0.2, 0) is 10.0 Å². The Hall–Kier alpha value is -0.430. The molecule has 0 saturated heterocycles. The summed E-state index contributed by atoms with van der Waals surface area (Å²) in [5.74, 6) is 0.209. The summed E-state index contributed by atoms with van der Waals surface area (Å²) in [5, 5.41) is 8.86. The van der Waals surface area contributed by atoms with Gasteiger partial charge in [0.15, 0.2) is 0 Å². The molecule has 0 radical (unpaired) electrons. The van der Waals surface area contributed by atoms with Gasteiger partial charge in [-0.2, -0.15) is 0 Å². The lowest BCUT2D eigenvalue weighted by Gasteiger charge is -2.09. The van der Waals surface area contributed by atoms with Crippen LogP contribution in [0, 0.1) is 5.92 Å². The highest BCUT2D eigenvalue weighted by Crippen LogP contribution is 2.15. The minimum absolute atomic E-state index is 0.137. The van der Waals surface area contributed by atoms with E-state index in [2.05, 4.69) is 20.7 Å². The van der Waals surface area contributed by atoms with Crippen LogP contribution in [0.5, 0.6) is 0 Å². The predicted molar refractivity (Wildman–Crippen MR) is 74.8 cm³/mol. The molecular formula is C12H18BrNO3S. The first-order valence-electron chi connectivity index (χ1n) is 5.82. The van der Waals surface area contributed by atoms with Crippen molar-refractivity contribution in [3.05, 3.63) is 28.7 Å². The molecule has 0 amide bonds. The van der Waals surface area contributed by atoms with Crippen LogP contribution in [0.25, 0.3) is 0 Å². The fourth-order valence-electron chi connectivity index (χ4n) is 1.47. The molecule has 0 aliphatic rings. The van der Waals surface area contributed by atoms with Crippen molar-refractivity contribution < 1.29 is 13.5 Å². The molecule has 0 heterocycles. The lowest BCUT2D eigenvalue weighted by atomic mass is 10.1. The van der Waals surface area contributed by atoms with E-state index in [1.54, 1.807) is 24.3 Å². The molecule has 0 aliphatic heterocycles. The smallest absolute Gasteiger partial charge is 0.240 e. The van der Waals surface area contributed by atoms with E-state index in [1.807, 2.05) is 6.92 Å². The first-order chi connectivity index (χ1) is 8.45. The third-order valence-corrected chi connectivity index (χ3v) is 4.54. The lowest BCUT2D eigenvalue weighted by Crippen LogP contribution is -2.25. The van der Waals surface area contributed by atoms with Gasteiger partial charge in [-0.25, -0.2) is 13.1 Å². The average Bonchev–Trinajstić information content (AvgIpc) is 2.34. The van der Waals surface area contributed by atoms with Gasteiger partial charge in [-0.15, -0.1) is 0 Å². The van der Waals surface area contributed by atoms with Gasteiger partial charge in [0.25, 0.3) is 0 Å². The topological polar surface area (TPSA) is 66.4 Å². The van der Waals surface area contributed by atoms with E-state index >= 15 is 0 Å². The molecule has 0 spiro atoms. The quantitative estimate of drug-likeness (QED) is 0.750. The second-order valence-electron chi connectivity index (χ2n) is 4.29. The van der Waals surface area contributed by atoms with Crippen LogP contribution < -0.4 is 4.72 Å². The molecule has 0 saturated carbocycles. The summed E-state index contributed by atoms with van der Waals surface area (Å²) in [4.78, 5) is 0.257. The first-order valence-corrected chi connectivity index (χ1v) is 8.09. The molecule has 6 heteroatoms. The number of nitrogens with one attached hydrogen (secondary N) is 1. The van der Waals surface area contributed by atoms with Crippen molar-refractivity contribution in [3.8, 4) is 0 Å². The molecule has 4 nitrogen and oxygen atoms in total. The first kappa shape index (κ1) is 15.6. The molecule has 1 atom stereocenters. The summed E-state index contributed by atoms with van der Waals surface area (Å²) < 4.78 is 27.1. The molecule has 0 aromatic heterocycles. The van der Waals surface area contributed by atoms with E-state index < -0.39 is 10.0 Å². The van der Waals surface area contributed by atoms with Gasteiger partial charge in [0.1, 0.15) is 0 Å². The van der Waals surface area contributed by atoms with Gasteiger partial charge in [0, 0.05) is 17.6 Å². The number of sulfonamides is 1. The van der Waals surface area contributed by atoms with Crippen molar-refractivity contribution in [3.63, 3.8) is 0 Å². The summed E-state index contributed by atoms with van der Waals surface area (Å²) in [6, 6.07) is 6.59. The van der Waals surface area contributed by atoms with Gasteiger partial charge in [0.2, 0.25) is 10.0 Å². The van der Waals surface area contributed by atoms with Crippen LogP contribution >= 0.6 is 15.9 Å². The van der Waals surface area contributed by atoms with Gasteiger partial charge >= 0.3 is 0 Å². The van der Waals surface area contributed by atoms with Gasteiger partial charge in [-0.1, -0.05) is 28.9 Å². The predicted octanol–water partition coefficient (Wildman–Crippen LogP) is 2.14. The maximum absolute atomic E-state index is 11.9. The van der Waals surface area contributed by atoms with Gasteiger partial charge < -0.3 is 5.11 Å². The summed E-state index contributed by atoms with van der Waals surface area (Å²) in [6.45, 7) is 2.46. The van der Waals surface area contributed by atoms with Crippen LogP contribution in [-0.4, -0.2) is 26.7 Å². The monoisotopic (exact) mass is 335 g/mol. The zero-order valence-electron chi connectivity index (χ0n) is 10.3. The molecule has 18 heavy (non-hydrogen) atoms. The molecule has 0 aliphatic carbocycles. The number of aliphatic hydroxyl groups is 1. The Morgan fingerprint density at radius 1 is 1.44 bits per heavy atom. The fourth-order valence-corrected chi connectivity index (χ4v) is 3.14. The third-order valence-electron chi connectivity index (χ3n) is 2.58. The Labute approximate surface area is 117 Å². The fraction of sp³-hybridized carbons (Fsp3) is 0.500. The van der Waals surface area contributed by atoms with Crippen molar-refractivity contribution in [2.45, 2.75) is 24.7 Å². The highest BCUT2D eigenvalue weighted by molar-refractivity contribution is 9.10. The summed E-state index contributed by atoms with van der Waals surface area (Å²) in [5.41, 5.74) is 0. The maximum atomic E-state index is 11.9. The second kappa shape index (κ2) is 7.23. The molecule has 1 unspecified atom stereocenters. The number of halogens is 1. The third kappa shape index (κ3) is 5.06. The summed E-state index contributed by atoms with van der Waals surface area (Å²) in [6.07, 6.45) is 1.52. The highest BCUT2D eigenvalue weighted by Gasteiger charge is 2.13. The van der Waals surface area contributed by atoms with Crippen LogP contribution in [0.4, 0.5) is 0 Å². The number of aliphatic hydroxyl groups excluding tert-OH is 1. The Morgan fingerprint density at radius 2 is 2.17 bits per heavy atom. The molecule has 1 aromatic rings. The van der Waals surface area contributed by atoms with E-state index in [9.17, 15) is 8.42 Å². The largest absolute Gasteiger partial charge is 0.396 e. The van der Waals surface area contributed by atoms with Crippen LogP contribution in [0.1, 0.15) is 19.8 Å². The second-order valence-corrected chi connectivity index (χ2v) is 6.97. The van der Waals surface area contributed by atoms with Crippen LogP contribution in [0.2, 0.25) is 0 Å². The zero-order chi connectivity index (χ0) is 13.6. The van der Waals surface area contributed by atoms with E-state index in [4.69, 9.17) is 5.11 Å². The maximum Gasteiger partial charge on any atom is 0.240 e. The average molecular weight is 336 g/mol. The standard InChI is InChI=1S/C12H18BrNO3S/c1-10(9-15)4-3-7-14-18(16,17)12-6-2-5-11(13)8-12/h2,5-6,8,10,14-15H,3-4,7,9H2,1H3. The number of hydrogen-bond acceptors (Lipinski definition) is 3. The summed E-state index contributed by atoms with van der Waals surface area (Å²) >= 11 is 3.24. The summed E-state index contributed by atoms with van der Waals surface area (Å²) in [7, 11) is -3.43. The lowest BCUT2D eigenvalue weighted by molar-refractivity contribution is 0.228. The highest BCUT2D eigenvalue weighted by atomic mass is 79.9. The van der Waals surface area contributed by atoms with Gasteiger partial charge in [-0.3, -0.25) is 0 Å². The number of rotatable bonds is 7. The molecule has 0 fully saturated rings. The van der Waals surface area contributed by atoms with Gasteiger partial charge in [0.05, 0.1) is 4.90 Å². The van der Waals surface area contributed by atoms with Crippen LogP contribution in [0.3, 0.4) is 0 Å². The Kier molecular flexibility index (Phi) is 6.28. The van der Waals surface area contributed by atoms with E-state index in [-0.39, 0.29) is 17.4 Å². The Morgan fingerprint density at radius 3 is 2.78 bits per heavy atom. The molecular weight excluding hydrogens is 318 g/mol. The minimum atomic E-state index is -3.43. The Balaban J connectivity index is 2.51. The molecule has 102 valence electrons. The molecule has 1 aromatic carbocycles. The number of benzene rings is 1. The van der Waals surface area contributed by atoms with Gasteiger partial charge in [-0.05, 0) is 37.0 Å². The van der Waals surface area contributed by atoms with E-state index in [1.165, 1.54) is 0 Å². The van der Waals surface area contributed by atoms with E-state index in [0.29, 0.717) is 6.54 Å². The van der Waals surface area contributed by atoms with Crippen molar-refractivity contribution >= 4 is 26.0 Å². The number of hydrogen-bond donors (Lipinski definition) is 2. The minimum Gasteiger partial charge on any atom is -0.396 e.